The Morgan fingerprint density at radius 3 is 2.48 bits per heavy atom. The molecule has 1 rings (SSSR count). The van der Waals surface area contributed by atoms with Crippen molar-refractivity contribution in [3.63, 3.8) is 0 Å². The van der Waals surface area contributed by atoms with E-state index in [9.17, 15) is 14.4 Å². The molecule has 0 spiro atoms. The largest absolute Gasteiger partial charge is 0.480 e. The fourth-order valence-electron chi connectivity index (χ4n) is 2.31. The number of carbonyl (C=O) groups excluding carboxylic acids is 2. The molecular formula is C14H25N3O4. The second-order valence-electron chi connectivity index (χ2n) is 5.47. The molecule has 3 amide bonds. The van der Waals surface area contributed by atoms with Crippen molar-refractivity contribution in [3.05, 3.63) is 0 Å². The number of hydrogen-bond donors (Lipinski definition) is 4. The number of hydrogen-bond acceptors (Lipinski definition) is 3. The van der Waals surface area contributed by atoms with Crippen molar-refractivity contribution in [2.24, 2.45) is 0 Å². The first-order valence-corrected chi connectivity index (χ1v) is 7.55. The van der Waals surface area contributed by atoms with Crippen molar-refractivity contribution < 1.29 is 19.5 Å². The van der Waals surface area contributed by atoms with Crippen molar-refractivity contribution in [1.29, 1.82) is 0 Å². The van der Waals surface area contributed by atoms with E-state index < -0.39 is 12.0 Å². The molecule has 1 saturated carbocycles. The Kier molecular flexibility index (Phi) is 7.56. The number of rotatable bonds is 7. The van der Waals surface area contributed by atoms with E-state index >= 15 is 0 Å². The Morgan fingerprint density at radius 2 is 1.86 bits per heavy atom. The van der Waals surface area contributed by atoms with Crippen LogP contribution >= 0.6 is 0 Å². The maximum atomic E-state index is 11.6. The van der Waals surface area contributed by atoms with E-state index in [1.165, 1.54) is 13.3 Å². The number of carboxylic acid groups (broad SMARTS) is 1. The Bertz CT molecular complexity index is 367. The van der Waals surface area contributed by atoms with Crippen LogP contribution in [0.25, 0.3) is 0 Å². The molecule has 0 heterocycles. The molecule has 1 fully saturated rings. The van der Waals surface area contributed by atoms with E-state index in [0.717, 1.165) is 25.7 Å². The molecule has 7 heteroatoms. The number of carbonyl (C=O) groups is 3. The Hall–Kier alpha value is -1.79. The van der Waals surface area contributed by atoms with Crippen molar-refractivity contribution in [1.82, 2.24) is 16.0 Å². The Morgan fingerprint density at radius 1 is 1.19 bits per heavy atom. The molecule has 0 aliphatic heterocycles. The zero-order valence-corrected chi connectivity index (χ0v) is 12.5. The molecule has 0 aromatic carbocycles. The molecule has 1 atom stereocenters. The van der Waals surface area contributed by atoms with E-state index in [0.29, 0.717) is 13.0 Å². The van der Waals surface area contributed by atoms with Gasteiger partial charge in [-0.25, -0.2) is 4.79 Å². The van der Waals surface area contributed by atoms with Gasteiger partial charge in [0.05, 0.1) is 0 Å². The smallest absolute Gasteiger partial charge is 0.325 e. The van der Waals surface area contributed by atoms with Gasteiger partial charge in [0.15, 0.2) is 0 Å². The minimum atomic E-state index is -1.06. The summed E-state index contributed by atoms with van der Waals surface area (Å²) in [5, 5.41) is 16.7. The fraction of sp³-hybridized carbons (Fsp3) is 0.786. The predicted octanol–water partition coefficient (Wildman–Crippen LogP) is 0.988. The van der Waals surface area contributed by atoms with Crippen LogP contribution in [0.3, 0.4) is 0 Å². The number of aliphatic carboxylic acids is 1. The molecule has 4 N–H and O–H groups in total. The predicted molar refractivity (Wildman–Crippen MR) is 77.9 cm³/mol. The summed E-state index contributed by atoms with van der Waals surface area (Å²) in [5.41, 5.74) is 0. The third-order valence-corrected chi connectivity index (χ3v) is 3.55. The first-order valence-electron chi connectivity index (χ1n) is 7.55. The fourth-order valence-corrected chi connectivity index (χ4v) is 2.31. The van der Waals surface area contributed by atoms with Crippen LogP contribution in [0.4, 0.5) is 4.79 Å². The molecule has 0 radical (unpaired) electrons. The zero-order valence-electron chi connectivity index (χ0n) is 12.5. The van der Waals surface area contributed by atoms with Gasteiger partial charge in [-0.1, -0.05) is 19.3 Å². The van der Waals surface area contributed by atoms with Crippen LogP contribution in [0.2, 0.25) is 0 Å². The van der Waals surface area contributed by atoms with Gasteiger partial charge in [-0.05, 0) is 26.2 Å². The van der Waals surface area contributed by atoms with Crippen molar-refractivity contribution in [2.45, 2.75) is 64.0 Å². The standard InChI is InChI=1S/C14H25N3O4/c1-10(13(19)20)16-12(18)8-5-9-15-14(21)17-11-6-3-2-4-7-11/h10-11H,2-9H2,1H3,(H,16,18)(H,19,20)(H2,15,17,21). The van der Waals surface area contributed by atoms with Crippen molar-refractivity contribution in [3.8, 4) is 0 Å². The maximum absolute atomic E-state index is 11.6. The lowest BCUT2D eigenvalue weighted by molar-refractivity contribution is -0.141. The van der Waals surface area contributed by atoms with Gasteiger partial charge in [-0.2, -0.15) is 0 Å². The number of nitrogens with one attached hydrogen (secondary N) is 3. The van der Waals surface area contributed by atoms with Gasteiger partial charge in [0, 0.05) is 19.0 Å². The second-order valence-corrected chi connectivity index (χ2v) is 5.47. The summed E-state index contributed by atoms with van der Waals surface area (Å²) in [7, 11) is 0. The summed E-state index contributed by atoms with van der Waals surface area (Å²) in [6.45, 7) is 1.81. The van der Waals surface area contributed by atoms with E-state index in [1.54, 1.807) is 0 Å². The van der Waals surface area contributed by atoms with Gasteiger partial charge in [0.2, 0.25) is 5.91 Å². The molecule has 1 aliphatic rings. The van der Waals surface area contributed by atoms with Gasteiger partial charge < -0.3 is 21.1 Å². The Balaban J connectivity index is 2.06. The maximum Gasteiger partial charge on any atom is 0.325 e. The van der Waals surface area contributed by atoms with Crippen LogP contribution in [-0.4, -0.2) is 41.6 Å². The summed E-state index contributed by atoms with van der Waals surface area (Å²) in [5.74, 6) is -1.38. The lowest BCUT2D eigenvalue weighted by Gasteiger charge is -2.22. The van der Waals surface area contributed by atoms with Crippen LogP contribution in [-0.2, 0) is 9.59 Å². The van der Waals surface area contributed by atoms with Gasteiger partial charge in [-0.3, -0.25) is 9.59 Å². The third-order valence-electron chi connectivity index (χ3n) is 3.55. The molecule has 0 bridgehead atoms. The average Bonchev–Trinajstić information content (AvgIpc) is 2.44. The van der Waals surface area contributed by atoms with Crippen molar-refractivity contribution in [2.75, 3.05) is 6.54 Å². The van der Waals surface area contributed by atoms with Gasteiger partial charge >= 0.3 is 12.0 Å². The molecule has 0 saturated heterocycles. The average molecular weight is 299 g/mol. The lowest BCUT2D eigenvalue weighted by Crippen LogP contribution is -2.43. The van der Waals surface area contributed by atoms with Crippen LogP contribution in [0.15, 0.2) is 0 Å². The minimum Gasteiger partial charge on any atom is -0.480 e. The van der Waals surface area contributed by atoms with Gasteiger partial charge in [0.25, 0.3) is 0 Å². The highest BCUT2D eigenvalue weighted by atomic mass is 16.4. The lowest BCUT2D eigenvalue weighted by atomic mass is 9.96. The highest BCUT2D eigenvalue weighted by Gasteiger charge is 2.16. The normalized spacial score (nSPS) is 16.8. The number of carboxylic acids is 1. The van der Waals surface area contributed by atoms with Gasteiger partial charge in [0.1, 0.15) is 6.04 Å². The van der Waals surface area contributed by atoms with Crippen LogP contribution in [0, 0.1) is 0 Å². The number of amides is 3. The van der Waals surface area contributed by atoms with Crippen LogP contribution in [0.5, 0.6) is 0 Å². The molecule has 7 nitrogen and oxygen atoms in total. The van der Waals surface area contributed by atoms with Gasteiger partial charge in [-0.15, -0.1) is 0 Å². The zero-order chi connectivity index (χ0) is 15.7. The highest BCUT2D eigenvalue weighted by molar-refractivity contribution is 5.83. The first-order chi connectivity index (χ1) is 9.99. The summed E-state index contributed by atoms with van der Waals surface area (Å²) in [6.07, 6.45) is 6.30. The van der Waals surface area contributed by atoms with Crippen molar-refractivity contribution >= 4 is 17.9 Å². The van der Waals surface area contributed by atoms with E-state index in [1.807, 2.05) is 0 Å². The van der Waals surface area contributed by atoms with E-state index in [2.05, 4.69) is 16.0 Å². The Labute approximate surface area is 124 Å². The molecular weight excluding hydrogens is 274 g/mol. The quantitative estimate of drug-likeness (QED) is 0.526. The van der Waals surface area contributed by atoms with Crippen LogP contribution in [0.1, 0.15) is 51.9 Å². The number of urea groups is 1. The first kappa shape index (κ1) is 17.3. The molecule has 1 aliphatic carbocycles. The highest BCUT2D eigenvalue weighted by Crippen LogP contribution is 2.17. The van der Waals surface area contributed by atoms with E-state index in [-0.39, 0.29) is 24.4 Å². The molecule has 1 unspecified atom stereocenters. The van der Waals surface area contributed by atoms with E-state index in [4.69, 9.17) is 5.11 Å². The summed E-state index contributed by atoms with van der Waals surface area (Å²) in [6, 6.07) is -0.820. The monoisotopic (exact) mass is 299 g/mol. The molecule has 0 aromatic heterocycles. The SMILES string of the molecule is CC(NC(=O)CCCNC(=O)NC1CCCCC1)C(=O)O. The summed E-state index contributed by atoms with van der Waals surface area (Å²) in [4.78, 5) is 33.6. The summed E-state index contributed by atoms with van der Waals surface area (Å²) < 4.78 is 0. The van der Waals surface area contributed by atoms with Crippen LogP contribution < -0.4 is 16.0 Å². The molecule has 21 heavy (non-hydrogen) atoms. The third kappa shape index (κ3) is 7.53. The molecule has 0 aromatic rings. The topological polar surface area (TPSA) is 108 Å². The molecule has 120 valence electrons. The summed E-state index contributed by atoms with van der Waals surface area (Å²) >= 11 is 0. The minimum absolute atomic E-state index is 0.193. The second kappa shape index (κ2) is 9.20.